The molecule has 0 saturated heterocycles. The number of hydrogen-bond donors (Lipinski definition) is 2. The lowest BCUT2D eigenvalue weighted by molar-refractivity contribution is -0.116. The minimum Gasteiger partial charge on any atom is -0.494 e. The Kier molecular flexibility index (Phi) is 6.56. The van der Waals surface area contributed by atoms with E-state index in [1.54, 1.807) is 35.8 Å². The Bertz CT molecular complexity index is 1020. The minimum absolute atomic E-state index is 0.0754. The summed E-state index contributed by atoms with van der Waals surface area (Å²) in [5, 5.41) is 12.7. The normalized spacial score (nSPS) is 10.9. The highest BCUT2D eigenvalue weighted by atomic mass is 32.1. The van der Waals surface area contributed by atoms with Crippen LogP contribution in [0.25, 0.3) is 10.2 Å². The van der Waals surface area contributed by atoms with E-state index in [1.165, 1.54) is 11.3 Å². The fourth-order valence-electron chi connectivity index (χ4n) is 3.20. The summed E-state index contributed by atoms with van der Waals surface area (Å²) in [5.41, 5.74) is 2.08. The SMILES string of the molecule is CCOC(=O)c1c(CO)c2sc(C)cc2n1CC(=O)Nc1ccc(OCC)cc1. The number of ether oxygens (including phenoxy) is 2. The third-order valence-electron chi connectivity index (χ3n) is 4.33. The van der Waals surface area contributed by atoms with E-state index in [0.717, 1.165) is 20.8 Å². The lowest BCUT2D eigenvalue weighted by atomic mass is 10.2. The molecule has 3 rings (SSSR count). The number of aromatic nitrogens is 1. The molecule has 2 N–H and O–H groups in total. The Hall–Kier alpha value is -2.84. The molecule has 29 heavy (non-hydrogen) atoms. The van der Waals surface area contributed by atoms with Gasteiger partial charge in [-0.3, -0.25) is 4.79 Å². The number of carbonyl (C=O) groups is 2. The van der Waals surface area contributed by atoms with E-state index >= 15 is 0 Å². The van der Waals surface area contributed by atoms with Crippen molar-refractivity contribution >= 4 is 39.1 Å². The number of hydrogen-bond acceptors (Lipinski definition) is 6. The van der Waals surface area contributed by atoms with Crippen LogP contribution >= 0.6 is 11.3 Å². The molecule has 0 spiro atoms. The van der Waals surface area contributed by atoms with Crippen LogP contribution in [-0.4, -0.2) is 34.8 Å². The van der Waals surface area contributed by atoms with Crippen molar-refractivity contribution in [2.45, 2.75) is 33.9 Å². The zero-order valence-electron chi connectivity index (χ0n) is 16.7. The number of esters is 1. The van der Waals surface area contributed by atoms with Gasteiger partial charge in [-0.25, -0.2) is 4.79 Å². The molecule has 1 amide bonds. The zero-order valence-corrected chi connectivity index (χ0v) is 17.5. The maximum atomic E-state index is 12.7. The van der Waals surface area contributed by atoms with Crippen molar-refractivity contribution in [1.29, 1.82) is 0 Å². The topological polar surface area (TPSA) is 89.8 Å². The molecule has 3 aromatic rings. The van der Waals surface area contributed by atoms with E-state index in [1.807, 2.05) is 19.9 Å². The van der Waals surface area contributed by atoms with Crippen molar-refractivity contribution in [3.63, 3.8) is 0 Å². The molecule has 8 heteroatoms. The second-order valence-corrected chi connectivity index (χ2v) is 7.63. The summed E-state index contributed by atoms with van der Waals surface area (Å²) in [6.07, 6.45) is 0. The largest absolute Gasteiger partial charge is 0.494 e. The van der Waals surface area contributed by atoms with Gasteiger partial charge in [0.2, 0.25) is 5.91 Å². The lowest BCUT2D eigenvalue weighted by Gasteiger charge is -2.12. The summed E-state index contributed by atoms with van der Waals surface area (Å²) < 4.78 is 13.0. The van der Waals surface area contributed by atoms with E-state index in [9.17, 15) is 14.7 Å². The highest BCUT2D eigenvalue weighted by Gasteiger charge is 2.26. The van der Waals surface area contributed by atoms with Crippen LogP contribution in [0.3, 0.4) is 0 Å². The van der Waals surface area contributed by atoms with E-state index in [4.69, 9.17) is 9.47 Å². The van der Waals surface area contributed by atoms with Gasteiger partial charge in [0.25, 0.3) is 0 Å². The Morgan fingerprint density at radius 2 is 1.90 bits per heavy atom. The first kappa shape index (κ1) is 20.9. The molecule has 0 unspecified atom stereocenters. The molecule has 0 radical (unpaired) electrons. The van der Waals surface area contributed by atoms with E-state index in [-0.39, 0.29) is 31.4 Å². The van der Waals surface area contributed by atoms with Crippen LogP contribution < -0.4 is 10.1 Å². The number of thiophene rings is 1. The molecule has 0 aliphatic carbocycles. The Labute approximate surface area is 172 Å². The number of rotatable bonds is 8. The van der Waals surface area contributed by atoms with Gasteiger partial charge in [0.05, 0.1) is 30.0 Å². The molecule has 0 aliphatic rings. The van der Waals surface area contributed by atoms with Gasteiger partial charge >= 0.3 is 5.97 Å². The molecule has 2 heterocycles. The van der Waals surface area contributed by atoms with Crippen LogP contribution in [0.15, 0.2) is 30.3 Å². The predicted molar refractivity (Wildman–Crippen MR) is 113 cm³/mol. The van der Waals surface area contributed by atoms with Crippen molar-refractivity contribution in [3.8, 4) is 5.75 Å². The zero-order chi connectivity index (χ0) is 21.0. The lowest BCUT2D eigenvalue weighted by Crippen LogP contribution is -2.22. The van der Waals surface area contributed by atoms with Crippen LogP contribution in [0.1, 0.15) is 34.8 Å². The summed E-state index contributed by atoms with van der Waals surface area (Å²) in [6.45, 7) is 5.96. The number of aliphatic hydroxyl groups is 1. The molecule has 0 atom stereocenters. The van der Waals surface area contributed by atoms with Gasteiger partial charge in [0, 0.05) is 16.1 Å². The van der Waals surface area contributed by atoms with Crippen molar-refractivity contribution in [1.82, 2.24) is 4.57 Å². The molecule has 154 valence electrons. The minimum atomic E-state index is -0.550. The maximum absolute atomic E-state index is 12.7. The maximum Gasteiger partial charge on any atom is 0.355 e. The molecule has 7 nitrogen and oxygen atoms in total. The standard InChI is InChI=1S/C21H24N2O5S/c1-4-27-15-8-6-14(7-9-15)22-18(25)11-23-17-10-13(3)29-20(17)16(12-24)19(23)21(26)28-5-2/h6-10,24H,4-5,11-12H2,1-3H3,(H,22,25). The molecule has 0 fully saturated rings. The van der Waals surface area contributed by atoms with Crippen LogP contribution in [0.2, 0.25) is 0 Å². The molecule has 2 aromatic heterocycles. The Morgan fingerprint density at radius 1 is 1.17 bits per heavy atom. The monoisotopic (exact) mass is 416 g/mol. The highest BCUT2D eigenvalue weighted by Crippen LogP contribution is 2.34. The fraction of sp³-hybridized carbons (Fsp3) is 0.333. The van der Waals surface area contributed by atoms with Crippen molar-refractivity contribution < 1.29 is 24.2 Å². The average molecular weight is 416 g/mol. The molecule has 0 aliphatic heterocycles. The van der Waals surface area contributed by atoms with E-state index in [0.29, 0.717) is 17.9 Å². The van der Waals surface area contributed by atoms with Gasteiger partial charge in [-0.05, 0) is 51.1 Å². The van der Waals surface area contributed by atoms with Crippen molar-refractivity contribution in [2.24, 2.45) is 0 Å². The van der Waals surface area contributed by atoms with Crippen molar-refractivity contribution in [3.05, 3.63) is 46.5 Å². The van der Waals surface area contributed by atoms with Gasteiger partial charge in [0.15, 0.2) is 0 Å². The summed E-state index contributed by atoms with van der Waals surface area (Å²) in [4.78, 5) is 26.3. The third-order valence-corrected chi connectivity index (χ3v) is 5.43. The van der Waals surface area contributed by atoms with Crippen LogP contribution in [-0.2, 0) is 22.7 Å². The number of nitrogens with one attached hydrogen (secondary N) is 1. The summed E-state index contributed by atoms with van der Waals surface area (Å²) >= 11 is 1.48. The summed E-state index contributed by atoms with van der Waals surface area (Å²) in [7, 11) is 0. The first-order chi connectivity index (χ1) is 14.0. The molecule has 0 saturated carbocycles. The van der Waals surface area contributed by atoms with E-state index < -0.39 is 5.97 Å². The number of amides is 1. The number of benzene rings is 1. The number of anilines is 1. The quantitative estimate of drug-likeness (QED) is 0.546. The third kappa shape index (κ3) is 4.44. The van der Waals surface area contributed by atoms with Gasteiger partial charge in [-0.1, -0.05) is 0 Å². The Morgan fingerprint density at radius 3 is 2.52 bits per heavy atom. The highest BCUT2D eigenvalue weighted by molar-refractivity contribution is 7.19. The van der Waals surface area contributed by atoms with Gasteiger partial charge in [-0.2, -0.15) is 0 Å². The fourth-order valence-corrected chi connectivity index (χ4v) is 4.25. The number of carbonyl (C=O) groups excluding carboxylic acids is 2. The Balaban J connectivity index is 1.90. The summed E-state index contributed by atoms with van der Waals surface area (Å²) in [5.74, 6) is -0.111. The van der Waals surface area contributed by atoms with Crippen LogP contribution in [0.5, 0.6) is 5.75 Å². The molecule has 0 bridgehead atoms. The number of nitrogens with zero attached hydrogens (tertiary/aromatic N) is 1. The van der Waals surface area contributed by atoms with Crippen LogP contribution in [0.4, 0.5) is 5.69 Å². The number of aliphatic hydroxyl groups excluding tert-OH is 1. The molecular weight excluding hydrogens is 392 g/mol. The van der Waals surface area contributed by atoms with Gasteiger partial charge in [0.1, 0.15) is 18.0 Å². The first-order valence-corrected chi connectivity index (χ1v) is 10.2. The number of fused-ring (bicyclic) bond motifs is 1. The van der Waals surface area contributed by atoms with E-state index in [2.05, 4.69) is 5.32 Å². The van der Waals surface area contributed by atoms with Gasteiger partial charge < -0.3 is 24.5 Å². The average Bonchev–Trinajstić information content (AvgIpc) is 3.19. The second-order valence-electron chi connectivity index (χ2n) is 6.37. The second kappa shape index (κ2) is 9.11. The van der Waals surface area contributed by atoms with Crippen molar-refractivity contribution in [2.75, 3.05) is 18.5 Å². The van der Waals surface area contributed by atoms with Crippen LogP contribution in [0, 0.1) is 6.92 Å². The number of aryl methyl sites for hydroxylation is 1. The predicted octanol–water partition coefficient (Wildman–Crippen LogP) is 3.72. The van der Waals surface area contributed by atoms with Gasteiger partial charge in [-0.15, -0.1) is 11.3 Å². The molecular formula is C21H24N2O5S. The smallest absolute Gasteiger partial charge is 0.355 e. The first-order valence-electron chi connectivity index (χ1n) is 9.40. The molecule has 1 aromatic carbocycles. The summed E-state index contributed by atoms with van der Waals surface area (Å²) in [6, 6.07) is 8.99.